The number of aromatic nitrogens is 2. The summed E-state index contributed by atoms with van der Waals surface area (Å²) in [5.74, 6) is 0.938. The Balaban J connectivity index is 1.31. The lowest BCUT2D eigenvalue weighted by Crippen LogP contribution is -2.52. The SMILES string of the molecule is CC1=C(c2ccccc2C(F)F)N(C)Cc2c1nc(OCC13CCCN1CCC3)nc2N1CC2CCC(C1)N2. The van der Waals surface area contributed by atoms with Gasteiger partial charge in [0.2, 0.25) is 0 Å². The third kappa shape index (κ3) is 4.29. The summed E-state index contributed by atoms with van der Waals surface area (Å²) in [4.78, 5) is 17.1. The van der Waals surface area contributed by atoms with E-state index >= 15 is 0 Å². The fraction of sp³-hybridized carbons (Fsp3) is 0.600. The number of nitrogens with one attached hydrogen (secondary N) is 1. The Labute approximate surface area is 229 Å². The zero-order valence-corrected chi connectivity index (χ0v) is 22.9. The first-order chi connectivity index (χ1) is 18.9. The van der Waals surface area contributed by atoms with Gasteiger partial charge in [-0.05, 0) is 64.1 Å². The minimum Gasteiger partial charge on any atom is -0.461 e. The summed E-state index contributed by atoms with van der Waals surface area (Å²) in [6.45, 7) is 7.26. The molecule has 1 aromatic heterocycles. The zero-order valence-electron chi connectivity index (χ0n) is 22.9. The molecule has 0 spiro atoms. The first-order valence-electron chi connectivity index (χ1n) is 14.5. The zero-order chi connectivity index (χ0) is 26.7. The van der Waals surface area contributed by atoms with Gasteiger partial charge in [-0.15, -0.1) is 0 Å². The van der Waals surface area contributed by atoms with Crippen molar-refractivity contribution in [3.8, 4) is 6.01 Å². The normalized spacial score (nSPS) is 26.0. The molecule has 208 valence electrons. The number of hydrogen-bond donors (Lipinski definition) is 1. The molecule has 6 heterocycles. The van der Waals surface area contributed by atoms with Gasteiger partial charge >= 0.3 is 6.01 Å². The van der Waals surface area contributed by atoms with E-state index in [1.165, 1.54) is 31.7 Å². The lowest BCUT2D eigenvalue weighted by Gasteiger charge is -2.38. The van der Waals surface area contributed by atoms with Crippen molar-refractivity contribution < 1.29 is 13.5 Å². The standard InChI is InChI=1S/C30H38F2N6O/c1-19-25-24(17-36(2)26(19)22-7-3-4-8-23(22)27(31)32)28(37-15-20-9-10-21(16-37)33-20)35-29(34-25)39-18-30-11-5-13-38(30)14-6-12-30/h3-4,7-8,20-21,27,33H,5-6,9-18H2,1-2H3. The number of allylic oxidation sites excluding steroid dienone is 1. The molecule has 9 heteroatoms. The third-order valence-electron chi connectivity index (χ3n) is 9.70. The van der Waals surface area contributed by atoms with Crippen LogP contribution in [0.1, 0.15) is 74.3 Å². The van der Waals surface area contributed by atoms with Crippen LogP contribution in [0.5, 0.6) is 6.01 Å². The summed E-state index contributed by atoms with van der Waals surface area (Å²) in [5, 5.41) is 3.72. The molecule has 1 aromatic carbocycles. The molecule has 39 heavy (non-hydrogen) atoms. The summed E-state index contributed by atoms with van der Waals surface area (Å²) < 4.78 is 34.5. The quantitative estimate of drug-likeness (QED) is 0.575. The van der Waals surface area contributed by atoms with E-state index in [9.17, 15) is 8.78 Å². The van der Waals surface area contributed by atoms with Crippen molar-refractivity contribution in [1.82, 2.24) is 25.1 Å². The summed E-state index contributed by atoms with van der Waals surface area (Å²) in [5.41, 5.74) is 4.28. The molecule has 7 rings (SSSR count). The van der Waals surface area contributed by atoms with Gasteiger partial charge in [-0.25, -0.2) is 8.78 Å². The highest BCUT2D eigenvalue weighted by Crippen LogP contribution is 2.43. The van der Waals surface area contributed by atoms with Crippen LogP contribution in [0.3, 0.4) is 0 Å². The van der Waals surface area contributed by atoms with Crippen LogP contribution in [-0.4, -0.2) is 77.2 Å². The van der Waals surface area contributed by atoms with Crippen molar-refractivity contribution in [2.24, 2.45) is 0 Å². The third-order valence-corrected chi connectivity index (χ3v) is 9.70. The van der Waals surface area contributed by atoms with Crippen molar-refractivity contribution >= 4 is 17.1 Å². The van der Waals surface area contributed by atoms with Crippen LogP contribution in [0.15, 0.2) is 24.3 Å². The first kappa shape index (κ1) is 25.2. The maximum Gasteiger partial charge on any atom is 0.319 e. The highest BCUT2D eigenvalue weighted by molar-refractivity contribution is 5.92. The van der Waals surface area contributed by atoms with Crippen molar-refractivity contribution in [3.63, 3.8) is 0 Å². The molecule has 4 fully saturated rings. The Morgan fingerprint density at radius 1 is 1.08 bits per heavy atom. The maximum absolute atomic E-state index is 14.0. The lowest BCUT2D eigenvalue weighted by molar-refractivity contribution is 0.107. The van der Waals surface area contributed by atoms with Crippen molar-refractivity contribution in [3.05, 3.63) is 46.6 Å². The first-order valence-corrected chi connectivity index (χ1v) is 14.5. The van der Waals surface area contributed by atoms with E-state index in [0.29, 0.717) is 36.8 Å². The average Bonchev–Trinajstić information content (AvgIpc) is 3.61. The number of rotatable bonds is 6. The molecule has 5 aliphatic rings. The number of nitrogens with zero attached hydrogens (tertiary/aromatic N) is 5. The number of benzene rings is 1. The molecule has 2 unspecified atom stereocenters. The Morgan fingerprint density at radius 3 is 2.51 bits per heavy atom. The summed E-state index contributed by atoms with van der Waals surface area (Å²) in [6.07, 6.45) is 4.56. The number of ether oxygens (including phenoxy) is 1. The van der Waals surface area contributed by atoms with Crippen LogP contribution in [0, 0.1) is 0 Å². The van der Waals surface area contributed by atoms with Crippen LogP contribution in [-0.2, 0) is 6.54 Å². The lowest BCUT2D eigenvalue weighted by atomic mass is 9.93. The fourth-order valence-corrected chi connectivity index (χ4v) is 7.89. The molecule has 0 saturated carbocycles. The Bertz CT molecular complexity index is 1280. The predicted molar refractivity (Wildman–Crippen MR) is 148 cm³/mol. The molecular formula is C30H38F2N6O. The van der Waals surface area contributed by atoms with Gasteiger partial charge in [0.05, 0.1) is 11.2 Å². The second-order valence-electron chi connectivity index (χ2n) is 12.1. The van der Waals surface area contributed by atoms with Crippen molar-refractivity contribution in [2.45, 2.75) is 76.0 Å². The van der Waals surface area contributed by atoms with E-state index < -0.39 is 6.43 Å². The van der Waals surface area contributed by atoms with E-state index in [1.54, 1.807) is 12.1 Å². The topological polar surface area (TPSA) is 56.8 Å². The monoisotopic (exact) mass is 536 g/mol. The molecule has 0 aliphatic carbocycles. The van der Waals surface area contributed by atoms with E-state index in [4.69, 9.17) is 14.7 Å². The number of anilines is 1. The van der Waals surface area contributed by atoms with Gasteiger partial charge in [0.15, 0.2) is 0 Å². The van der Waals surface area contributed by atoms with Crippen molar-refractivity contribution in [2.75, 3.05) is 44.7 Å². The van der Waals surface area contributed by atoms with Crippen LogP contribution in [0.2, 0.25) is 0 Å². The highest BCUT2D eigenvalue weighted by atomic mass is 19.3. The van der Waals surface area contributed by atoms with Crippen LogP contribution >= 0.6 is 0 Å². The Hall–Kier alpha value is -2.78. The summed E-state index contributed by atoms with van der Waals surface area (Å²) in [6, 6.07) is 8.17. The molecule has 5 aliphatic heterocycles. The van der Waals surface area contributed by atoms with Gasteiger partial charge in [-0.3, -0.25) is 4.90 Å². The summed E-state index contributed by atoms with van der Waals surface area (Å²) >= 11 is 0. The van der Waals surface area contributed by atoms with Gasteiger partial charge in [-0.1, -0.05) is 24.3 Å². The van der Waals surface area contributed by atoms with Crippen LogP contribution < -0.4 is 15.0 Å². The second kappa shape index (κ2) is 9.70. The van der Waals surface area contributed by atoms with E-state index in [0.717, 1.165) is 67.4 Å². The second-order valence-corrected chi connectivity index (χ2v) is 12.1. The van der Waals surface area contributed by atoms with E-state index in [2.05, 4.69) is 20.0 Å². The molecular weight excluding hydrogens is 498 g/mol. The molecule has 0 radical (unpaired) electrons. The summed E-state index contributed by atoms with van der Waals surface area (Å²) in [7, 11) is 1.98. The van der Waals surface area contributed by atoms with Gasteiger partial charge in [0.25, 0.3) is 6.43 Å². The minimum absolute atomic E-state index is 0.0493. The van der Waals surface area contributed by atoms with Crippen LogP contribution in [0.4, 0.5) is 14.6 Å². The smallest absolute Gasteiger partial charge is 0.319 e. The Morgan fingerprint density at radius 2 is 1.79 bits per heavy atom. The molecule has 2 atom stereocenters. The van der Waals surface area contributed by atoms with Gasteiger partial charge in [0.1, 0.15) is 12.4 Å². The van der Waals surface area contributed by atoms with Gasteiger partial charge < -0.3 is 19.9 Å². The number of hydrogen-bond acceptors (Lipinski definition) is 7. The number of fused-ring (bicyclic) bond motifs is 4. The van der Waals surface area contributed by atoms with Crippen LogP contribution in [0.25, 0.3) is 11.3 Å². The van der Waals surface area contributed by atoms with Gasteiger partial charge in [0, 0.05) is 61.2 Å². The molecule has 1 N–H and O–H groups in total. The highest BCUT2D eigenvalue weighted by Gasteiger charge is 2.45. The minimum atomic E-state index is -2.55. The Kier molecular flexibility index (Phi) is 6.27. The number of alkyl halides is 2. The molecule has 4 saturated heterocycles. The fourth-order valence-electron chi connectivity index (χ4n) is 7.89. The van der Waals surface area contributed by atoms with Gasteiger partial charge in [-0.2, -0.15) is 9.97 Å². The number of halogens is 2. The molecule has 7 nitrogen and oxygen atoms in total. The van der Waals surface area contributed by atoms with Crippen molar-refractivity contribution in [1.29, 1.82) is 0 Å². The molecule has 0 amide bonds. The van der Waals surface area contributed by atoms with E-state index in [1.807, 2.05) is 20.0 Å². The predicted octanol–water partition coefficient (Wildman–Crippen LogP) is 4.70. The van der Waals surface area contributed by atoms with E-state index in [-0.39, 0.29) is 11.1 Å². The maximum atomic E-state index is 14.0. The number of piperazine rings is 1. The largest absolute Gasteiger partial charge is 0.461 e. The average molecular weight is 537 g/mol. The molecule has 2 bridgehead atoms. The molecule has 2 aromatic rings.